The van der Waals surface area contributed by atoms with Crippen molar-refractivity contribution in [1.29, 1.82) is 0 Å². The molecular weight excluding hydrogens is 270 g/mol. The molecule has 0 spiro atoms. The van der Waals surface area contributed by atoms with Gasteiger partial charge in [0.2, 0.25) is 0 Å². The van der Waals surface area contributed by atoms with Crippen molar-refractivity contribution in [2.45, 2.75) is 0 Å². The van der Waals surface area contributed by atoms with Crippen molar-refractivity contribution in [2.24, 2.45) is 7.05 Å². The number of fused-ring (bicyclic) bond motifs is 1. The van der Waals surface area contributed by atoms with Crippen LogP contribution in [0.4, 0.5) is 17.5 Å². The molecule has 0 unspecified atom stereocenters. The van der Waals surface area contributed by atoms with Crippen LogP contribution in [0.1, 0.15) is 0 Å². The molecule has 0 atom stereocenters. The van der Waals surface area contributed by atoms with Crippen molar-refractivity contribution in [2.75, 3.05) is 17.7 Å². The van der Waals surface area contributed by atoms with Gasteiger partial charge in [-0.15, -0.1) is 0 Å². The van der Waals surface area contributed by atoms with E-state index in [2.05, 4.69) is 30.6 Å². The molecular formula is C13H13N7O. The molecule has 106 valence electrons. The minimum Gasteiger partial charge on any atom is -0.372 e. The molecule has 3 heterocycles. The van der Waals surface area contributed by atoms with Crippen molar-refractivity contribution in [3.8, 4) is 0 Å². The quantitative estimate of drug-likeness (QED) is 0.737. The van der Waals surface area contributed by atoms with E-state index in [-0.39, 0.29) is 5.56 Å². The first-order valence-corrected chi connectivity index (χ1v) is 6.26. The third kappa shape index (κ3) is 2.38. The van der Waals surface area contributed by atoms with E-state index in [0.717, 1.165) is 0 Å². The van der Waals surface area contributed by atoms with Gasteiger partial charge in [0.15, 0.2) is 0 Å². The Balaban J connectivity index is 2.14. The second kappa shape index (κ2) is 5.16. The van der Waals surface area contributed by atoms with E-state index < -0.39 is 0 Å². The molecule has 0 aliphatic carbocycles. The van der Waals surface area contributed by atoms with E-state index in [4.69, 9.17) is 0 Å². The Hall–Kier alpha value is -3.03. The van der Waals surface area contributed by atoms with Crippen LogP contribution in [0, 0.1) is 0 Å². The standard InChI is InChI=1S/C13H13N7O/c1-14-12-11-8(17-7-20(2)13(11)21)5-9(19-12)18-10-6-15-3-4-16-10/h3-7H,1-2H3,(H2,14,16,18,19). The van der Waals surface area contributed by atoms with E-state index in [1.54, 1.807) is 38.8 Å². The van der Waals surface area contributed by atoms with E-state index >= 15 is 0 Å². The Morgan fingerprint density at radius 3 is 2.76 bits per heavy atom. The van der Waals surface area contributed by atoms with Crippen LogP contribution in [-0.2, 0) is 7.05 Å². The van der Waals surface area contributed by atoms with Crippen molar-refractivity contribution in [3.63, 3.8) is 0 Å². The second-order valence-corrected chi connectivity index (χ2v) is 4.38. The summed E-state index contributed by atoms with van der Waals surface area (Å²) in [6.07, 6.45) is 6.23. The third-order valence-electron chi connectivity index (χ3n) is 2.96. The number of rotatable bonds is 3. The van der Waals surface area contributed by atoms with Crippen molar-refractivity contribution in [1.82, 2.24) is 24.5 Å². The molecule has 3 aromatic heterocycles. The first kappa shape index (κ1) is 13.0. The highest BCUT2D eigenvalue weighted by Gasteiger charge is 2.11. The average molecular weight is 283 g/mol. The van der Waals surface area contributed by atoms with E-state index in [1.807, 2.05) is 0 Å². The maximum Gasteiger partial charge on any atom is 0.264 e. The fourth-order valence-corrected chi connectivity index (χ4v) is 1.96. The maximum atomic E-state index is 12.2. The minimum atomic E-state index is -0.150. The summed E-state index contributed by atoms with van der Waals surface area (Å²) in [7, 11) is 3.36. The second-order valence-electron chi connectivity index (χ2n) is 4.38. The molecule has 0 fully saturated rings. The first-order valence-electron chi connectivity index (χ1n) is 6.26. The van der Waals surface area contributed by atoms with E-state index in [1.165, 1.54) is 10.9 Å². The smallest absolute Gasteiger partial charge is 0.264 e. The monoisotopic (exact) mass is 283 g/mol. The van der Waals surface area contributed by atoms with Gasteiger partial charge < -0.3 is 15.2 Å². The first-order chi connectivity index (χ1) is 10.2. The molecule has 0 saturated carbocycles. The summed E-state index contributed by atoms with van der Waals surface area (Å²) < 4.78 is 1.42. The normalized spacial score (nSPS) is 10.6. The summed E-state index contributed by atoms with van der Waals surface area (Å²) in [5, 5.41) is 6.41. The summed E-state index contributed by atoms with van der Waals surface area (Å²) in [5.41, 5.74) is 0.409. The Kier molecular flexibility index (Phi) is 3.19. The molecule has 0 aliphatic rings. The summed E-state index contributed by atoms with van der Waals surface area (Å²) in [5.74, 6) is 1.57. The number of pyridine rings is 1. The number of nitrogens with one attached hydrogen (secondary N) is 2. The van der Waals surface area contributed by atoms with Crippen LogP contribution >= 0.6 is 0 Å². The predicted molar refractivity (Wildman–Crippen MR) is 79.6 cm³/mol. The number of aryl methyl sites for hydroxylation is 1. The van der Waals surface area contributed by atoms with Crippen LogP contribution in [0.3, 0.4) is 0 Å². The lowest BCUT2D eigenvalue weighted by Gasteiger charge is -2.10. The van der Waals surface area contributed by atoms with Crippen LogP contribution in [0.25, 0.3) is 10.9 Å². The number of aromatic nitrogens is 5. The molecule has 21 heavy (non-hydrogen) atoms. The van der Waals surface area contributed by atoms with Crippen molar-refractivity contribution < 1.29 is 0 Å². The average Bonchev–Trinajstić information content (AvgIpc) is 2.51. The Morgan fingerprint density at radius 2 is 2.05 bits per heavy atom. The fourth-order valence-electron chi connectivity index (χ4n) is 1.96. The zero-order valence-corrected chi connectivity index (χ0v) is 11.5. The summed E-state index contributed by atoms with van der Waals surface area (Å²) >= 11 is 0. The van der Waals surface area contributed by atoms with Crippen molar-refractivity contribution in [3.05, 3.63) is 41.3 Å². The van der Waals surface area contributed by atoms with Crippen LogP contribution in [-0.4, -0.2) is 31.6 Å². The molecule has 0 aliphatic heterocycles. The number of hydrogen-bond acceptors (Lipinski definition) is 7. The van der Waals surface area contributed by atoms with Gasteiger partial charge in [-0.1, -0.05) is 0 Å². The summed E-state index contributed by atoms with van der Waals surface area (Å²) in [4.78, 5) is 28.9. The van der Waals surface area contributed by atoms with Gasteiger partial charge in [-0.2, -0.15) is 0 Å². The van der Waals surface area contributed by atoms with Gasteiger partial charge in [-0.05, 0) is 0 Å². The maximum absolute atomic E-state index is 12.2. The van der Waals surface area contributed by atoms with Gasteiger partial charge in [0.05, 0.1) is 18.0 Å². The fraction of sp³-hybridized carbons (Fsp3) is 0.154. The zero-order valence-electron chi connectivity index (χ0n) is 11.5. The Bertz CT molecular complexity index is 844. The van der Waals surface area contributed by atoms with Gasteiger partial charge in [0.25, 0.3) is 5.56 Å². The minimum absolute atomic E-state index is 0.150. The molecule has 0 radical (unpaired) electrons. The zero-order chi connectivity index (χ0) is 14.8. The molecule has 0 bridgehead atoms. The number of hydrogen-bond donors (Lipinski definition) is 2. The summed E-state index contributed by atoms with van der Waals surface area (Å²) in [6, 6.07) is 1.70. The third-order valence-corrected chi connectivity index (χ3v) is 2.96. The number of anilines is 3. The molecule has 0 saturated heterocycles. The van der Waals surface area contributed by atoms with E-state index in [0.29, 0.717) is 28.4 Å². The predicted octanol–water partition coefficient (Wildman–Crippen LogP) is 0.904. The highest BCUT2D eigenvalue weighted by Crippen LogP contribution is 2.21. The molecule has 0 amide bonds. The molecule has 0 aromatic carbocycles. The van der Waals surface area contributed by atoms with Gasteiger partial charge in [0.1, 0.15) is 22.8 Å². The lowest BCUT2D eigenvalue weighted by atomic mass is 10.2. The Labute approximate surface area is 119 Å². The number of nitrogens with zero attached hydrogens (tertiary/aromatic N) is 5. The highest BCUT2D eigenvalue weighted by molar-refractivity contribution is 5.90. The van der Waals surface area contributed by atoms with E-state index in [9.17, 15) is 4.79 Å². The van der Waals surface area contributed by atoms with Gasteiger partial charge in [-0.3, -0.25) is 9.78 Å². The van der Waals surface area contributed by atoms with Crippen LogP contribution in [0.2, 0.25) is 0 Å². The van der Waals surface area contributed by atoms with Crippen LogP contribution in [0.15, 0.2) is 35.8 Å². The lowest BCUT2D eigenvalue weighted by Crippen LogP contribution is -2.19. The SMILES string of the molecule is CNc1nc(Nc2cnccn2)cc2ncn(C)c(=O)c12. The topological polar surface area (TPSA) is 97.6 Å². The van der Waals surface area contributed by atoms with Gasteiger partial charge in [-0.25, -0.2) is 15.0 Å². The summed E-state index contributed by atoms with van der Waals surface area (Å²) in [6.45, 7) is 0. The highest BCUT2D eigenvalue weighted by atomic mass is 16.1. The van der Waals surface area contributed by atoms with Gasteiger partial charge >= 0.3 is 0 Å². The largest absolute Gasteiger partial charge is 0.372 e. The van der Waals surface area contributed by atoms with Crippen LogP contribution < -0.4 is 16.2 Å². The molecule has 2 N–H and O–H groups in total. The Morgan fingerprint density at radius 1 is 1.19 bits per heavy atom. The van der Waals surface area contributed by atoms with Crippen LogP contribution in [0.5, 0.6) is 0 Å². The molecule has 3 aromatic rings. The molecule has 8 nitrogen and oxygen atoms in total. The lowest BCUT2D eigenvalue weighted by molar-refractivity contribution is 0.842. The van der Waals surface area contributed by atoms with Gasteiger partial charge in [0, 0.05) is 32.6 Å². The van der Waals surface area contributed by atoms with Crippen molar-refractivity contribution >= 4 is 28.4 Å². The molecule has 3 rings (SSSR count). The molecule has 8 heteroatoms.